The van der Waals surface area contributed by atoms with Crippen molar-refractivity contribution in [3.05, 3.63) is 59.2 Å². The van der Waals surface area contributed by atoms with Crippen molar-refractivity contribution in [2.45, 2.75) is 45.0 Å². The number of carbonyl (C=O) groups is 1. The number of fused-ring (bicyclic) bond motifs is 1. The lowest BCUT2D eigenvalue weighted by Crippen LogP contribution is -2.42. The van der Waals surface area contributed by atoms with Crippen LogP contribution >= 0.6 is 0 Å². The first-order valence-electron chi connectivity index (χ1n) is 8.92. The zero-order valence-electron chi connectivity index (χ0n) is 15.9. The first kappa shape index (κ1) is 20.0. The zero-order chi connectivity index (χ0) is 20.5. The van der Waals surface area contributed by atoms with E-state index < -0.39 is 23.2 Å². The van der Waals surface area contributed by atoms with Crippen LogP contribution in [0.25, 0.3) is 0 Å². The van der Waals surface area contributed by atoms with E-state index in [1.807, 2.05) is 39.0 Å². The van der Waals surface area contributed by atoms with Crippen LogP contribution in [0.4, 0.5) is 13.2 Å². The fraction of sp³-hybridized carbons (Fsp3) is 0.381. The molecule has 0 unspecified atom stereocenters. The number of alkyl halides is 3. The highest BCUT2D eigenvalue weighted by Crippen LogP contribution is 2.39. The molecule has 0 bridgehead atoms. The first-order valence-corrected chi connectivity index (χ1v) is 8.92. The Kier molecular flexibility index (Phi) is 5.28. The predicted octanol–water partition coefficient (Wildman–Crippen LogP) is 4.81. The van der Waals surface area contributed by atoms with Gasteiger partial charge < -0.3 is 14.8 Å². The third-order valence-electron chi connectivity index (χ3n) is 4.49. The van der Waals surface area contributed by atoms with Crippen LogP contribution in [0.5, 0.6) is 11.5 Å². The third kappa shape index (κ3) is 4.77. The van der Waals surface area contributed by atoms with Crippen molar-refractivity contribution in [1.29, 1.82) is 0 Å². The number of nitrogens with one attached hydrogen (secondary N) is 1. The van der Waals surface area contributed by atoms with Gasteiger partial charge >= 0.3 is 6.18 Å². The number of aryl methyl sites for hydroxylation is 1. The average molecular weight is 393 g/mol. The van der Waals surface area contributed by atoms with Crippen LogP contribution < -0.4 is 14.8 Å². The zero-order valence-corrected chi connectivity index (χ0v) is 15.9. The minimum atomic E-state index is -4.46. The number of ether oxygens (including phenoxy) is 2. The standard InChI is InChI=1S/C21H22F3NO3/c1-13-7-8-18-16(9-13)17(11-20(2,3)28-18)25-19(26)12-27-15-6-4-5-14(10-15)21(22,23)24/h4-10,17H,11-12H2,1-3H3,(H,25,26)/t17-/m1/s1. The monoisotopic (exact) mass is 393 g/mol. The molecule has 1 N–H and O–H groups in total. The molecular formula is C21H22F3NO3. The Bertz CT molecular complexity index is 877. The van der Waals surface area contributed by atoms with E-state index in [0.717, 1.165) is 23.3 Å². The van der Waals surface area contributed by atoms with Gasteiger partial charge in [0.1, 0.15) is 17.1 Å². The Balaban J connectivity index is 1.68. The molecule has 2 aromatic rings. The van der Waals surface area contributed by atoms with Crippen LogP contribution in [-0.2, 0) is 11.0 Å². The van der Waals surface area contributed by atoms with Gasteiger partial charge in [-0.25, -0.2) is 0 Å². The van der Waals surface area contributed by atoms with Gasteiger partial charge in [-0.2, -0.15) is 13.2 Å². The van der Waals surface area contributed by atoms with E-state index in [1.165, 1.54) is 12.1 Å². The number of hydrogen-bond acceptors (Lipinski definition) is 3. The Morgan fingerprint density at radius 3 is 2.71 bits per heavy atom. The molecule has 150 valence electrons. The highest BCUT2D eigenvalue weighted by Gasteiger charge is 2.34. The predicted molar refractivity (Wildman–Crippen MR) is 98.3 cm³/mol. The molecular weight excluding hydrogens is 371 g/mol. The van der Waals surface area contributed by atoms with Crippen LogP contribution in [0.2, 0.25) is 0 Å². The molecule has 0 aromatic heterocycles. The lowest BCUT2D eigenvalue weighted by molar-refractivity contribution is -0.137. The summed E-state index contributed by atoms with van der Waals surface area (Å²) in [5.74, 6) is 0.298. The van der Waals surface area contributed by atoms with Gasteiger partial charge in [0.2, 0.25) is 0 Å². The highest BCUT2D eigenvalue weighted by atomic mass is 19.4. The molecule has 1 aliphatic rings. The minimum Gasteiger partial charge on any atom is -0.487 e. The number of hydrogen-bond donors (Lipinski definition) is 1. The number of amides is 1. The Hall–Kier alpha value is -2.70. The Labute approximate surface area is 161 Å². The van der Waals surface area contributed by atoms with Gasteiger partial charge in [-0.05, 0) is 45.0 Å². The van der Waals surface area contributed by atoms with E-state index in [4.69, 9.17) is 9.47 Å². The van der Waals surface area contributed by atoms with Crippen LogP contribution in [0, 0.1) is 6.92 Å². The maximum Gasteiger partial charge on any atom is 0.416 e. The Morgan fingerprint density at radius 1 is 1.25 bits per heavy atom. The topological polar surface area (TPSA) is 47.6 Å². The van der Waals surface area contributed by atoms with Gasteiger partial charge in [0, 0.05) is 12.0 Å². The van der Waals surface area contributed by atoms with Gasteiger partial charge in [-0.3, -0.25) is 4.79 Å². The summed E-state index contributed by atoms with van der Waals surface area (Å²) in [5, 5.41) is 2.91. The van der Waals surface area contributed by atoms with Crippen molar-refractivity contribution in [1.82, 2.24) is 5.32 Å². The van der Waals surface area contributed by atoms with Crippen molar-refractivity contribution in [3.8, 4) is 11.5 Å². The van der Waals surface area contributed by atoms with Crippen molar-refractivity contribution in [2.24, 2.45) is 0 Å². The molecule has 2 aromatic carbocycles. The average Bonchev–Trinajstić information content (AvgIpc) is 2.59. The molecule has 0 fully saturated rings. The largest absolute Gasteiger partial charge is 0.487 e. The molecule has 0 saturated heterocycles. The van der Waals surface area contributed by atoms with Gasteiger partial charge in [-0.1, -0.05) is 23.8 Å². The Morgan fingerprint density at radius 2 is 2.00 bits per heavy atom. The van der Waals surface area contributed by atoms with Crippen molar-refractivity contribution in [2.75, 3.05) is 6.61 Å². The normalized spacial score (nSPS) is 18.0. The lowest BCUT2D eigenvalue weighted by Gasteiger charge is -2.38. The lowest BCUT2D eigenvalue weighted by atomic mass is 9.89. The van der Waals surface area contributed by atoms with Crippen molar-refractivity contribution in [3.63, 3.8) is 0 Å². The smallest absolute Gasteiger partial charge is 0.416 e. The molecule has 0 saturated carbocycles. The molecule has 0 spiro atoms. The second-order valence-electron chi connectivity index (χ2n) is 7.54. The van der Waals surface area contributed by atoms with E-state index in [2.05, 4.69) is 5.32 Å². The molecule has 1 heterocycles. The molecule has 1 amide bonds. The van der Waals surface area contributed by atoms with E-state index >= 15 is 0 Å². The van der Waals surface area contributed by atoms with Crippen LogP contribution in [0.15, 0.2) is 42.5 Å². The molecule has 4 nitrogen and oxygen atoms in total. The van der Waals surface area contributed by atoms with Gasteiger partial charge in [0.05, 0.1) is 11.6 Å². The SMILES string of the molecule is Cc1ccc2c(c1)[C@H](NC(=O)COc1cccc(C(F)(F)F)c1)CC(C)(C)O2. The maximum absolute atomic E-state index is 12.8. The molecule has 0 aliphatic carbocycles. The number of rotatable bonds is 4. The van der Waals surface area contributed by atoms with E-state index in [1.54, 1.807) is 0 Å². The molecule has 1 aliphatic heterocycles. The maximum atomic E-state index is 12.8. The van der Waals surface area contributed by atoms with Crippen LogP contribution in [-0.4, -0.2) is 18.1 Å². The molecule has 0 radical (unpaired) electrons. The summed E-state index contributed by atoms with van der Waals surface area (Å²) >= 11 is 0. The number of carbonyl (C=O) groups excluding carboxylic acids is 1. The molecule has 28 heavy (non-hydrogen) atoms. The number of benzene rings is 2. The fourth-order valence-electron chi connectivity index (χ4n) is 3.25. The fourth-order valence-corrected chi connectivity index (χ4v) is 3.25. The summed E-state index contributed by atoms with van der Waals surface area (Å²) in [5.41, 5.74) is 0.650. The van der Waals surface area contributed by atoms with E-state index in [9.17, 15) is 18.0 Å². The quantitative estimate of drug-likeness (QED) is 0.811. The summed E-state index contributed by atoms with van der Waals surface area (Å²) in [6, 6.07) is 9.98. The third-order valence-corrected chi connectivity index (χ3v) is 4.49. The summed E-state index contributed by atoms with van der Waals surface area (Å²) in [7, 11) is 0. The van der Waals surface area contributed by atoms with E-state index in [0.29, 0.717) is 12.2 Å². The van der Waals surface area contributed by atoms with Crippen molar-refractivity contribution >= 4 is 5.91 Å². The first-order chi connectivity index (χ1) is 13.0. The number of halogens is 3. The summed E-state index contributed by atoms with van der Waals surface area (Å²) in [6.45, 7) is 5.46. The summed E-state index contributed by atoms with van der Waals surface area (Å²) in [6.07, 6.45) is -3.89. The van der Waals surface area contributed by atoms with Crippen LogP contribution in [0.3, 0.4) is 0 Å². The van der Waals surface area contributed by atoms with Crippen molar-refractivity contribution < 1.29 is 27.4 Å². The molecule has 7 heteroatoms. The van der Waals surface area contributed by atoms with Gasteiger partial charge in [0.15, 0.2) is 6.61 Å². The second-order valence-corrected chi connectivity index (χ2v) is 7.54. The minimum absolute atomic E-state index is 0.00599. The molecule has 3 rings (SSSR count). The van der Waals surface area contributed by atoms with Gasteiger partial charge in [0.25, 0.3) is 5.91 Å². The van der Waals surface area contributed by atoms with Crippen LogP contribution in [0.1, 0.15) is 43.0 Å². The summed E-state index contributed by atoms with van der Waals surface area (Å²) < 4.78 is 49.6. The van der Waals surface area contributed by atoms with E-state index in [-0.39, 0.29) is 18.4 Å². The molecule has 1 atom stereocenters. The second kappa shape index (κ2) is 7.37. The van der Waals surface area contributed by atoms with Gasteiger partial charge in [-0.15, -0.1) is 0 Å². The summed E-state index contributed by atoms with van der Waals surface area (Å²) in [4.78, 5) is 12.4. The highest BCUT2D eigenvalue weighted by molar-refractivity contribution is 5.78.